The molecular weight excluding hydrogens is 320 g/mol. The molecule has 1 atom stereocenters. The van der Waals surface area contributed by atoms with E-state index in [0.29, 0.717) is 17.1 Å². The first-order valence-electron chi connectivity index (χ1n) is 7.25. The number of rotatable bonds is 4. The Balaban J connectivity index is 0.00000264. The van der Waals surface area contributed by atoms with E-state index in [0.717, 1.165) is 25.8 Å². The summed E-state index contributed by atoms with van der Waals surface area (Å²) in [6.45, 7) is 2.75. The van der Waals surface area contributed by atoms with Crippen molar-refractivity contribution in [1.82, 2.24) is 5.32 Å². The predicted molar refractivity (Wildman–Crippen MR) is 92.3 cm³/mol. The molecule has 2 rings (SSSR count). The number of hydrogen-bond donors (Lipinski definition) is 4. The molecule has 23 heavy (non-hydrogen) atoms. The molecule has 0 radical (unpaired) electrons. The highest BCUT2D eigenvalue weighted by Gasteiger charge is 2.34. The zero-order valence-corrected chi connectivity index (χ0v) is 14.1. The van der Waals surface area contributed by atoms with Gasteiger partial charge in [-0.3, -0.25) is 4.79 Å². The molecule has 1 aliphatic heterocycles. The van der Waals surface area contributed by atoms with Crippen molar-refractivity contribution in [2.45, 2.75) is 31.7 Å². The van der Waals surface area contributed by atoms with E-state index >= 15 is 0 Å². The topological polar surface area (TPSA) is 105 Å². The average molecular weight is 343 g/mol. The number of amides is 3. The number of hydrogen-bond acceptors (Lipinski definition) is 4. The fourth-order valence-electron chi connectivity index (χ4n) is 2.52. The van der Waals surface area contributed by atoms with Crippen LogP contribution in [-0.2, 0) is 4.79 Å². The number of anilines is 2. The summed E-state index contributed by atoms with van der Waals surface area (Å²) in [4.78, 5) is 23.4. The SMILES string of the molecule is COc1cc(NC(=O)C2(C)CCCCN2)ccc1NC(N)=O.Cl. The number of methoxy groups -OCH3 is 1. The zero-order chi connectivity index (χ0) is 16.2. The Bertz CT molecular complexity index is 574. The Hall–Kier alpha value is -1.99. The van der Waals surface area contributed by atoms with Crippen LogP contribution in [0.2, 0.25) is 0 Å². The highest BCUT2D eigenvalue weighted by Crippen LogP contribution is 2.29. The van der Waals surface area contributed by atoms with Crippen molar-refractivity contribution in [3.8, 4) is 5.75 Å². The van der Waals surface area contributed by atoms with Crippen LogP contribution in [0.3, 0.4) is 0 Å². The molecule has 0 aromatic heterocycles. The molecule has 1 heterocycles. The molecular formula is C15H23ClN4O3. The van der Waals surface area contributed by atoms with Gasteiger partial charge in [0, 0.05) is 11.8 Å². The molecule has 0 aliphatic carbocycles. The third-order valence-corrected chi connectivity index (χ3v) is 3.84. The molecule has 0 saturated carbocycles. The Labute approximate surface area is 141 Å². The summed E-state index contributed by atoms with van der Waals surface area (Å²) in [6.07, 6.45) is 2.92. The van der Waals surface area contributed by atoms with Gasteiger partial charge < -0.3 is 26.4 Å². The number of ether oxygens (including phenoxy) is 1. The Kier molecular flexibility index (Phi) is 6.65. The molecule has 1 aromatic rings. The van der Waals surface area contributed by atoms with E-state index in [1.807, 2.05) is 6.92 Å². The van der Waals surface area contributed by atoms with Crippen LogP contribution in [0.15, 0.2) is 18.2 Å². The van der Waals surface area contributed by atoms with Gasteiger partial charge in [-0.2, -0.15) is 0 Å². The van der Waals surface area contributed by atoms with Gasteiger partial charge in [0.2, 0.25) is 5.91 Å². The fraction of sp³-hybridized carbons (Fsp3) is 0.467. The summed E-state index contributed by atoms with van der Waals surface area (Å²) in [5, 5.41) is 8.61. The van der Waals surface area contributed by atoms with Crippen LogP contribution < -0.4 is 26.4 Å². The number of benzene rings is 1. The number of urea groups is 1. The van der Waals surface area contributed by atoms with E-state index in [9.17, 15) is 9.59 Å². The molecule has 1 aromatic carbocycles. The van der Waals surface area contributed by atoms with Crippen molar-refractivity contribution < 1.29 is 14.3 Å². The Morgan fingerprint density at radius 3 is 2.61 bits per heavy atom. The van der Waals surface area contributed by atoms with Crippen LogP contribution in [0.5, 0.6) is 5.75 Å². The third-order valence-electron chi connectivity index (χ3n) is 3.84. The first-order chi connectivity index (χ1) is 10.4. The van der Waals surface area contributed by atoms with E-state index in [4.69, 9.17) is 10.5 Å². The maximum atomic E-state index is 12.4. The van der Waals surface area contributed by atoms with Crippen molar-refractivity contribution >= 4 is 35.7 Å². The largest absolute Gasteiger partial charge is 0.494 e. The molecule has 1 saturated heterocycles. The average Bonchev–Trinajstić information content (AvgIpc) is 2.49. The number of nitrogens with two attached hydrogens (primary N) is 1. The predicted octanol–water partition coefficient (Wildman–Crippen LogP) is 2.08. The Morgan fingerprint density at radius 2 is 2.04 bits per heavy atom. The van der Waals surface area contributed by atoms with Crippen LogP contribution in [0.4, 0.5) is 16.2 Å². The van der Waals surface area contributed by atoms with Crippen LogP contribution in [-0.4, -0.2) is 31.1 Å². The van der Waals surface area contributed by atoms with Gasteiger partial charge in [-0.25, -0.2) is 4.79 Å². The lowest BCUT2D eigenvalue weighted by atomic mass is 9.90. The number of carbonyl (C=O) groups excluding carboxylic acids is 2. The molecule has 8 heteroatoms. The molecule has 128 valence electrons. The minimum absolute atomic E-state index is 0. The van der Waals surface area contributed by atoms with Crippen molar-refractivity contribution in [2.75, 3.05) is 24.3 Å². The first-order valence-corrected chi connectivity index (χ1v) is 7.25. The second kappa shape index (κ2) is 8.03. The van der Waals surface area contributed by atoms with E-state index in [2.05, 4.69) is 16.0 Å². The monoisotopic (exact) mass is 342 g/mol. The second-order valence-electron chi connectivity index (χ2n) is 5.57. The summed E-state index contributed by atoms with van der Waals surface area (Å²) in [5.41, 5.74) is 5.59. The van der Waals surface area contributed by atoms with Gasteiger partial charge in [-0.05, 0) is 44.9 Å². The molecule has 3 amide bonds. The number of carbonyl (C=O) groups is 2. The smallest absolute Gasteiger partial charge is 0.316 e. The van der Waals surface area contributed by atoms with E-state index in [-0.39, 0.29) is 18.3 Å². The number of piperidine rings is 1. The van der Waals surface area contributed by atoms with E-state index in [1.165, 1.54) is 7.11 Å². The lowest BCUT2D eigenvalue weighted by Gasteiger charge is -2.33. The van der Waals surface area contributed by atoms with Gasteiger partial charge in [-0.1, -0.05) is 0 Å². The second-order valence-corrected chi connectivity index (χ2v) is 5.57. The van der Waals surface area contributed by atoms with Crippen LogP contribution >= 0.6 is 12.4 Å². The third kappa shape index (κ3) is 4.74. The summed E-state index contributed by atoms with van der Waals surface area (Å²) >= 11 is 0. The van der Waals surface area contributed by atoms with Gasteiger partial charge in [0.1, 0.15) is 5.75 Å². The van der Waals surface area contributed by atoms with Gasteiger partial charge in [-0.15, -0.1) is 12.4 Å². The molecule has 5 N–H and O–H groups in total. The van der Waals surface area contributed by atoms with Gasteiger partial charge in [0.15, 0.2) is 0 Å². The molecule has 0 bridgehead atoms. The summed E-state index contributed by atoms with van der Waals surface area (Å²) in [7, 11) is 1.48. The highest BCUT2D eigenvalue weighted by atomic mass is 35.5. The Morgan fingerprint density at radius 1 is 1.30 bits per heavy atom. The molecule has 0 spiro atoms. The van der Waals surface area contributed by atoms with E-state index in [1.54, 1.807) is 18.2 Å². The molecule has 7 nitrogen and oxygen atoms in total. The molecule has 1 unspecified atom stereocenters. The lowest BCUT2D eigenvalue weighted by molar-refractivity contribution is -0.122. The zero-order valence-electron chi connectivity index (χ0n) is 13.3. The quantitative estimate of drug-likeness (QED) is 0.672. The van der Waals surface area contributed by atoms with Crippen LogP contribution in [0.1, 0.15) is 26.2 Å². The number of nitrogens with one attached hydrogen (secondary N) is 3. The minimum Gasteiger partial charge on any atom is -0.494 e. The van der Waals surface area contributed by atoms with Crippen molar-refractivity contribution in [3.63, 3.8) is 0 Å². The maximum Gasteiger partial charge on any atom is 0.316 e. The minimum atomic E-state index is -0.672. The van der Waals surface area contributed by atoms with Crippen LogP contribution in [0, 0.1) is 0 Å². The van der Waals surface area contributed by atoms with E-state index < -0.39 is 11.6 Å². The number of primary amides is 1. The standard InChI is InChI=1S/C15H22N4O3.ClH/c1-15(7-3-4-8-17-15)13(20)18-10-5-6-11(19-14(16)21)12(9-10)22-2;/h5-6,9,17H,3-4,7-8H2,1-2H3,(H,18,20)(H3,16,19,21);1H. The fourth-order valence-corrected chi connectivity index (χ4v) is 2.52. The summed E-state index contributed by atoms with van der Waals surface area (Å²) in [6, 6.07) is 4.30. The van der Waals surface area contributed by atoms with Crippen molar-refractivity contribution in [2.24, 2.45) is 5.73 Å². The van der Waals surface area contributed by atoms with Crippen molar-refractivity contribution in [1.29, 1.82) is 0 Å². The van der Waals surface area contributed by atoms with Crippen LogP contribution in [0.25, 0.3) is 0 Å². The van der Waals surface area contributed by atoms with Gasteiger partial charge >= 0.3 is 6.03 Å². The summed E-state index contributed by atoms with van der Waals surface area (Å²) < 4.78 is 5.20. The first kappa shape index (κ1) is 19.1. The normalized spacial score (nSPS) is 20.1. The number of halogens is 1. The summed E-state index contributed by atoms with van der Waals surface area (Å²) in [5.74, 6) is 0.350. The van der Waals surface area contributed by atoms with Crippen molar-refractivity contribution in [3.05, 3.63) is 18.2 Å². The molecule has 1 fully saturated rings. The van der Waals surface area contributed by atoms with Gasteiger partial charge in [0.05, 0.1) is 18.3 Å². The lowest BCUT2D eigenvalue weighted by Crippen LogP contribution is -2.54. The highest BCUT2D eigenvalue weighted by molar-refractivity contribution is 5.98. The maximum absolute atomic E-state index is 12.4. The molecule has 1 aliphatic rings. The van der Waals surface area contributed by atoms with Gasteiger partial charge in [0.25, 0.3) is 0 Å².